The fraction of sp³-hybridized carbons (Fsp3) is 0.769. The van der Waals surface area contributed by atoms with E-state index >= 15 is 0 Å². The van der Waals surface area contributed by atoms with Crippen molar-refractivity contribution in [3.63, 3.8) is 0 Å². The average molecular weight is 1160 g/mol. The van der Waals surface area contributed by atoms with Gasteiger partial charge in [-0.05, 0) is 140 Å². The highest BCUT2D eigenvalue weighted by atomic mass is 35.5. The van der Waals surface area contributed by atoms with Gasteiger partial charge in [-0.2, -0.15) is 13.2 Å². The van der Waals surface area contributed by atoms with Gasteiger partial charge in [0.15, 0.2) is 0 Å². The summed E-state index contributed by atoms with van der Waals surface area (Å²) >= 11 is 6.16. The second-order valence-electron chi connectivity index (χ2n) is 25.5. The van der Waals surface area contributed by atoms with Crippen LogP contribution in [0.2, 0.25) is 5.02 Å². The van der Waals surface area contributed by atoms with Crippen molar-refractivity contribution >= 4 is 17.3 Å². The van der Waals surface area contributed by atoms with Crippen molar-refractivity contribution in [2.45, 2.75) is 233 Å². The number of hydrogen-bond acceptors (Lipinski definition) is 12. The number of fused-ring (bicyclic) bond motifs is 2. The highest BCUT2D eigenvalue weighted by molar-refractivity contribution is 6.31. The third kappa shape index (κ3) is 20.5. The van der Waals surface area contributed by atoms with Gasteiger partial charge in [0, 0.05) is 156 Å². The molecular formula is C65H113ClF3N11O. The molecule has 4 aliphatic rings. The molecule has 1 aliphatic carbocycles. The van der Waals surface area contributed by atoms with Crippen molar-refractivity contribution in [1.29, 1.82) is 0 Å². The van der Waals surface area contributed by atoms with Crippen LogP contribution < -0.4 is 31.9 Å². The maximum absolute atomic E-state index is 13.6. The number of alkyl halides is 3. The van der Waals surface area contributed by atoms with E-state index in [0.717, 1.165) is 95.3 Å². The van der Waals surface area contributed by atoms with E-state index < -0.39 is 11.7 Å². The minimum Gasteiger partial charge on any atom is -0.390 e. The lowest BCUT2D eigenvalue weighted by Crippen LogP contribution is -2.73. The molecule has 1 saturated carbocycles. The minimum atomic E-state index is -4.51. The zero-order valence-electron chi connectivity index (χ0n) is 53.0. The van der Waals surface area contributed by atoms with E-state index in [2.05, 4.69) is 156 Å². The van der Waals surface area contributed by atoms with E-state index in [-0.39, 0.29) is 22.6 Å². The molecule has 6 N–H and O–H groups in total. The first-order valence-corrected chi connectivity index (χ1v) is 32.1. The fourth-order valence-corrected chi connectivity index (χ4v) is 13.4. The lowest BCUT2D eigenvalue weighted by Gasteiger charge is -2.60. The molecular weight excluding hydrogens is 1040 g/mol. The van der Waals surface area contributed by atoms with Gasteiger partial charge < -0.3 is 51.3 Å². The summed E-state index contributed by atoms with van der Waals surface area (Å²) in [5, 5.41) is 23.9. The predicted molar refractivity (Wildman–Crippen MR) is 335 cm³/mol. The Labute approximate surface area is 495 Å². The number of hydrogen-bond donors (Lipinski definition) is 6. The SMILES string of the molecule is CCCOCC1=CN(C)C=CN=C(CCc2ccc(C(F)(F)F)c(Cl)c2)C=CNCCNCC2(CCCC2)NC(C)[C@H]([C@@H](C)CC)N2C(C)[C@@H](C)C2CNC(C)[C@H](CC(C)C)NC[C@H]([C@@H](C)CC)NC(C)[C@H](C)N2CCCC2=CN1C. The Kier molecular flexibility index (Phi) is 28.4. The zero-order chi connectivity index (χ0) is 59.4. The number of allylic oxidation sites excluding steroid dienone is 2. The molecule has 0 amide bonds. The van der Waals surface area contributed by atoms with Crippen LogP contribution in [-0.2, 0) is 17.3 Å². The third-order valence-corrected chi connectivity index (χ3v) is 19.1. The highest BCUT2D eigenvalue weighted by Crippen LogP contribution is 2.40. The standard InChI is InChI=1S/C65H113ClF3N11O/c1-16-36-81-43-57-41-77(14)35-33-72-55(25-23-54-24-26-58(59(66)38-54)65(67,68)69)27-30-70-31-32-71-44-64(28-19-20-29-64)76-51(11)63(47(7)18-3)80-52(12)48(8)62(80)40-73-50(10)60(37-45(4)5)74-39-61(46(6)17-2)75-49(9)53(13)79-34-21-22-56(79)42-78(57)15/h24,26-27,30,33,35,38,41-42,45-53,60-63,70-71,73-76H,16-23,25,28-29,31-32,34,36-37,39-40,43-44H2,1-15H3/t46-,47-,48+,49?,50?,51?,52?,53-,60-,61+,62?,63-/m0/s1. The summed E-state index contributed by atoms with van der Waals surface area (Å²) in [5.41, 5.74) is 3.06. The molecule has 81 heavy (non-hydrogen) atoms. The van der Waals surface area contributed by atoms with Crippen molar-refractivity contribution in [3.8, 4) is 0 Å². The Morgan fingerprint density at radius 2 is 1.58 bits per heavy atom. The van der Waals surface area contributed by atoms with Crippen LogP contribution in [0.5, 0.6) is 0 Å². The van der Waals surface area contributed by atoms with Crippen LogP contribution in [0.3, 0.4) is 0 Å². The number of ether oxygens (including phenoxy) is 1. The van der Waals surface area contributed by atoms with E-state index in [1.54, 1.807) is 6.20 Å². The first-order chi connectivity index (χ1) is 38.5. The molecule has 1 spiro atoms. The van der Waals surface area contributed by atoms with Crippen molar-refractivity contribution in [3.05, 3.63) is 82.8 Å². The summed E-state index contributed by atoms with van der Waals surface area (Å²) in [6, 6.07) is 7.24. The smallest absolute Gasteiger partial charge is 0.390 e. The number of likely N-dealkylation sites (N-methyl/N-ethyl adjacent to an activating group) is 1. The molecule has 2 saturated heterocycles. The lowest BCUT2D eigenvalue weighted by atomic mass is 9.76. The van der Waals surface area contributed by atoms with Gasteiger partial charge >= 0.3 is 6.18 Å². The normalized spacial score (nSPS) is 29.7. The number of nitrogens with zero attached hydrogens (tertiary/aromatic N) is 5. The van der Waals surface area contributed by atoms with Crippen molar-refractivity contribution in [2.24, 2.45) is 28.7 Å². The Morgan fingerprint density at radius 1 is 0.852 bits per heavy atom. The van der Waals surface area contributed by atoms with Gasteiger partial charge in [0.1, 0.15) is 0 Å². The molecule has 0 radical (unpaired) electrons. The number of halogens is 4. The number of rotatable bonds is 13. The third-order valence-electron chi connectivity index (χ3n) is 18.8. The quantitative estimate of drug-likeness (QED) is 0.106. The Bertz CT molecular complexity index is 2160. The maximum atomic E-state index is 13.6. The Hall–Kier alpha value is -3.15. The molecule has 12 nitrogen and oxygen atoms in total. The first-order valence-electron chi connectivity index (χ1n) is 31.7. The highest BCUT2D eigenvalue weighted by Gasteiger charge is 2.50. The summed E-state index contributed by atoms with van der Waals surface area (Å²) in [4.78, 5) is 14.6. The molecule has 1 aromatic rings. The van der Waals surface area contributed by atoms with Crippen LogP contribution in [0.15, 0.2) is 71.7 Å². The largest absolute Gasteiger partial charge is 0.417 e. The zero-order valence-corrected chi connectivity index (χ0v) is 53.8. The number of aryl methyl sites for hydroxylation is 1. The lowest BCUT2D eigenvalue weighted by molar-refractivity contribution is -0.137. The molecule has 462 valence electrons. The molecule has 3 fully saturated rings. The van der Waals surface area contributed by atoms with E-state index in [0.29, 0.717) is 97.6 Å². The minimum absolute atomic E-state index is 0.0374. The molecule has 5 unspecified atom stereocenters. The van der Waals surface area contributed by atoms with E-state index in [1.165, 1.54) is 43.5 Å². The van der Waals surface area contributed by atoms with E-state index in [4.69, 9.17) is 21.3 Å². The number of benzene rings is 1. The van der Waals surface area contributed by atoms with Gasteiger partial charge in [0.05, 0.1) is 22.9 Å². The van der Waals surface area contributed by atoms with E-state index in [9.17, 15) is 13.2 Å². The molecule has 3 heterocycles. The molecule has 0 aromatic heterocycles. The molecule has 1 aromatic carbocycles. The van der Waals surface area contributed by atoms with Crippen molar-refractivity contribution < 1.29 is 17.9 Å². The van der Waals surface area contributed by atoms with Crippen LogP contribution >= 0.6 is 11.6 Å². The second kappa shape index (κ2) is 33.5. The summed E-state index contributed by atoms with van der Waals surface area (Å²) < 4.78 is 46.9. The van der Waals surface area contributed by atoms with Gasteiger partial charge in [0.2, 0.25) is 0 Å². The van der Waals surface area contributed by atoms with Gasteiger partial charge in [-0.25, -0.2) is 0 Å². The molecule has 12 atom stereocenters. The van der Waals surface area contributed by atoms with Crippen molar-refractivity contribution in [1.82, 2.24) is 51.5 Å². The van der Waals surface area contributed by atoms with Crippen LogP contribution in [0.4, 0.5) is 13.2 Å². The van der Waals surface area contributed by atoms with Crippen molar-refractivity contribution in [2.75, 3.05) is 66.6 Å². The fourth-order valence-electron chi connectivity index (χ4n) is 13.1. The molecule has 16 heteroatoms. The summed E-state index contributed by atoms with van der Waals surface area (Å²) in [7, 11) is 4.11. The summed E-state index contributed by atoms with van der Waals surface area (Å²) in [6.45, 7) is 37.5. The summed E-state index contributed by atoms with van der Waals surface area (Å²) in [6.07, 6.45) is 19.7. The Balaban J connectivity index is 1.46. The maximum Gasteiger partial charge on any atom is 0.417 e. The van der Waals surface area contributed by atoms with Gasteiger partial charge in [-0.15, -0.1) is 0 Å². The second-order valence-corrected chi connectivity index (χ2v) is 25.9. The van der Waals surface area contributed by atoms with Crippen LogP contribution in [-0.4, -0.2) is 152 Å². The van der Waals surface area contributed by atoms with Gasteiger partial charge in [-0.1, -0.05) is 98.7 Å². The Morgan fingerprint density at radius 3 is 2.25 bits per heavy atom. The number of aliphatic imine (C=N–C) groups is 1. The van der Waals surface area contributed by atoms with Crippen LogP contribution in [0.25, 0.3) is 0 Å². The van der Waals surface area contributed by atoms with Gasteiger partial charge in [-0.3, -0.25) is 9.89 Å². The monoisotopic (exact) mass is 1160 g/mol. The summed E-state index contributed by atoms with van der Waals surface area (Å²) in [5.74, 6) is 2.23. The average Bonchev–Trinajstić information content (AvgIpc) is 4.26. The van der Waals surface area contributed by atoms with Gasteiger partial charge in [0.25, 0.3) is 0 Å². The molecule has 5 rings (SSSR count). The number of nitrogens with one attached hydrogen (secondary N) is 6. The predicted octanol–water partition coefficient (Wildman–Crippen LogP) is 12.2. The topological polar surface area (TPSA) is 107 Å². The first kappa shape index (κ1) is 68.6. The molecule has 0 bridgehead atoms. The van der Waals surface area contributed by atoms with Crippen LogP contribution in [0.1, 0.15) is 172 Å². The van der Waals surface area contributed by atoms with E-state index in [1.807, 2.05) is 30.4 Å². The van der Waals surface area contributed by atoms with Crippen LogP contribution in [0, 0.1) is 23.7 Å². The molecule has 3 aliphatic heterocycles.